The Balaban J connectivity index is 1.67. The van der Waals surface area contributed by atoms with Crippen LogP contribution in [0.1, 0.15) is 16.2 Å². The molecule has 2 aromatic rings. The predicted molar refractivity (Wildman–Crippen MR) is 86.7 cm³/mol. The topological polar surface area (TPSA) is 80.9 Å². The number of rotatable bonds is 4. The molecule has 0 aliphatic carbocycles. The molecule has 0 atom stereocenters. The molecule has 0 spiro atoms. The first-order chi connectivity index (χ1) is 11.6. The van der Waals surface area contributed by atoms with Gasteiger partial charge >= 0.3 is 6.01 Å². The number of ether oxygens (including phenoxy) is 2. The maximum Gasteiger partial charge on any atom is 0.318 e. The molecule has 1 aliphatic heterocycles. The van der Waals surface area contributed by atoms with Gasteiger partial charge in [0.25, 0.3) is 5.91 Å². The maximum atomic E-state index is 12.7. The fourth-order valence-corrected chi connectivity index (χ4v) is 2.67. The molecule has 128 valence electrons. The van der Waals surface area contributed by atoms with E-state index in [-0.39, 0.29) is 5.91 Å². The summed E-state index contributed by atoms with van der Waals surface area (Å²) < 4.78 is 15.9. The van der Waals surface area contributed by atoms with Crippen LogP contribution in [-0.4, -0.2) is 61.4 Å². The number of methoxy groups -OCH3 is 2. The van der Waals surface area contributed by atoms with Crippen LogP contribution in [0.3, 0.4) is 0 Å². The zero-order valence-corrected chi connectivity index (χ0v) is 14.0. The Morgan fingerprint density at radius 1 is 1.08 bits per heavy atom. The summed E-state index contributed by atoms with van der Waals surface area (Å²) in [6.07, 6.45) is 0. The van der Waals surface area contributed by atoms with Crippen LogP contribution in [0.4, 0.5) is 6.01 Å². The normalized spacial score (nSPS) is 14.6. The zero-order chi connectivity index (χ0) is 17.1. The molecule has 1 amide bonds. The van der Waals surface area contributed by atoms with Crippen LogP contribution in [0, 0.1) is 6.92 Å². The van der Waals surface area contributed by atoms with Gasteiger partial charge in [-0.25, -0.2) is 0 Å². The minimum atomic E-state index is -0.0303. The smallest absolute Gasteiger partial charge is 0.318 e. The van der Waals surface area contributed by atoms with Crippen LogP contribution in [0.5, 0.6) is 11.5 Å². The summed E-state index contributed by atoms with van der Waals surface area (Å²) in [6.45, 7) is 4.25. The Labute approximate surface area is 140 Å². The number of carbonyl (C=O) groups is 1. The summed E-state index contributed by atoms with van der Waals surface area (Å²) in [4.78, 5) is 16.5. The van der Waals surface area contributed by atoms with E-state index in [0.717, 1.165) is 0 Å². The molecule has 1 fully saturated rings. The third-order valence-corrected chi connectivity index (χ3v) is 3.98. The van der Waals surface area contributed by atoms with Crippen LogP contribution in [0.15, 0.2) is 22.6 Å². The Hall–Kier alpha value is -2.77. The lowest BCUT2D eigenvalue weighted by Gasteiger charge is -2.33. The van der Waals surface area contributed by atoms with Crippen molar-refractivity contribution in [3.8, 4) is 11.5 Å². The molecule has 1 aliphatic rings. The maximum absolute atomic E-state index is 12.7. The fraction of sp³-hybridized carbons (Fsp3) is 0.438. The van der Waals surface area contributed by atoms with Crippen molar-refractivity contribution in [3.63, 3.8) is 0 Å². The highest BCUT2D eigenvalue weighted by Gasteiger charge is 2.25. The number of nitrogens with zero attached hydrogens (tertiary/aromatic N) is 4. The Kier molecular flexibility index (Phi) is 4.54. The number of aryl methyl sites for hydroxylation is 1. The second kappa shape index (κ2) is 6.77. The number of benzene rings is 1. The van der Waals surface area contributed by atoms with Crippen molar-refractivity contribution < 1.29 is 18.7 Å². The first-order valence-electron chi connectivity index (χ1n) is 7.68. The van der Waals surface area contributed by atoms with Gasteiger partial charge in [0, 0.05) is 38.7 Å². The number of amides is 1. The fourth-order valence-electron chi connectivity index (χ4n) is 2.67. The van der Waals surface area contributed by atoms with E-state index in [1.54, 1.807) is 44.2 Å². The number of hydrogen-bond donors (Lipinski definition) is 0. The van der Waals surface area contributed by atoms with Gasteiger partial charge in [-0.15, -0.1) is 5.10 Å². The molecular weight excluding hydrogens is 312 g/mol. The lowest BCUT2D eigenvalue weighted by molar-refractivity contribution is 0.0744. The lowest BCUT2D eigenvalue weighted by Crippen LogP contribution is -2.48. The molecule has 1 aromatic heterocycles. The summed E-state index contributed by atoms with van der Waals surface area (Å²) in [5.41, 5.74) is 0.578. The molecule has 8 heteroatoms. The molecule has 24 heavy (non-hydrogen) atoms. The SMILES string of the molecule is COc1ccc(C(=O)N2CCN(c3nnc(C)o3)CC2)cc1OC. The largest absolute Gasteiger partial charge is 0.493 e. The summed E-state index contributed by atoms with van der Waals surface area (Å²) in [5.74, 6) is 1.65. The second-order valence-electron chi connectivity index (χ2n) is 5.45. The van der Waals surface area contributed by atoms with Crippen LogP contribution in [-0.2, 0) is 0 Å². The predicted octanol–water partition coefficient (Wildman–Crippen LogP) is 1.36. The first-order valence-corrected chi connectivity index (χ1v) is 7.68. The van der Waals surface area contributed by atoms with Gasteiger partial charge in [-0.05, 0) is 18.2 Å². The lowest BCUT2D eigenvalue weighted by atomic mass is 10.1. The van der Waals surface area contributed by atoms with Crippen molar-refractivity contribution in [1.29, 1.82) is 0 Å². The van der Waals surface area contributed by atoms with Gasteiger partial charge in [0.15, 0.2) is 11.5 Å². The van der Waals surface area contributed by atoms with E-state index in [1.165, 1.54) is 0 Å². The minimum Gasteiger partial charge on any atom is -0.493 e. The van der Waals surface area contributed by atoms with Gasteiger partial charge in [0.2, 0.25) is 5.89 Å². The number of aromatic nitrogens is 2. The molecule has 0 saturated carbocycles. The number of hydrogen-bond acceptors (Lipinski definition) is 7. The first kappa shape index (κ1) is 16.1. The third-order valence-electron chi connectivity index (χ3n) is 3.98. The highest BCUT2D eigenvalue weighted by atomic mass is 16.5. The van der Waals surface area contributed by atoms with Crippen molar-refractivity contribution in [1.82, 2.24) is 15.1 Å². The average molecular weight is 332 g/mol. The number of anilines is 1. The molecular formula is C16H20N4O4. The molecule has 1 saturated heterocycles. The van der Waals surface area contributed by atoms with Crippen LogP contribution >= 0.6 is 0 Å². The minimum absolute atomic E-state index is 0.0303. The van der Waals surface area contributed by atoms with Crippen LogP contribution in [0.25, 0.3) is 0 Å². The molecule has 0 N–H and O–H groups in total. The van der Waals surface area contributed by atoms with E-state index in [0.29, 0.717) is 55.1 Å². The van der Waals surface area contributed by atoms with Crippen LogP contribution in [0.2, 0.25) is 0 Å². The quantitative estimate of drug-likeness (QED) is 0.836. The van der Waals surface area contributed by atoms with Crippen molar-refractivity contribution in [2.45, 2.75) is 6.92 Å². The number of carbonyl (C=O) groups excluding carboxylic acids is 1. The third kappa shape index (κ3) is 3.12. The van der Waals surface area contributed by atoms with Gasteiger partial charge in [-0.2, -0.15) is 0 Å². The van der Waals surface area contributed by atoms with Gasteiger partial charge in [-0.3, -0.25) is 4.79 Å². The highest BCUT2D eigenvalue weighted by molar-refractivity contribution is 5.95. The molecule has 1 aromatic carbocycles. The second-order valence-corrected chi connectivity index (χ2v) is 5.45. The molecule has 0 radical (unpaired) electrons. The van der Waals surface area contributed by atoms with Crippen molar-refractivity contribution in [3.05, 3.63) is 29.7 Å². The van der Waals surface area contributed by atoms with Crippen molar-refractivity contribution in [2.24, 2.45) is 0 Å². The Morgan fingerprint density at radius 3 is 2.38 bits per heavy atom. The van der Waals surface area contributed by atoms with E-state index in [1.807, 2.05) is 4.90 Å². The van der Waals surface area contributed by atoms with E-state index in [2.05, 4.69) is 10.2 Å². The summed E-state index contributed by atoms with van der Waals surface area (Å²) >= 11 is 0. The van der Waals surface area contributed by atoms with Crippen molar-refractivity contribution in [2.75, 3.05) is 45.3 Å². The van der Waals surface area contributed by atoms with E-state index in [4.69, 9.17) is 13.9 Å². The van der Waals surface area contributed by atoms with E-state index < -0.39 is 0 Å². The average Bonchev–Trinajstić information content (AvgIpc) is 3.07. The number of piperazine rings is 1. The van der Waals surface area contributed by atoms with Crippen molar-refractivity contribution >= 4 is 11.9 Å². The van der Waals surface area contributed by atoms with Gasteiger partial charge in [0.05, 0.1) is 14.2 Å². The summed E-state index contributed by atoms with van der Waals surface area (Å²) in [6, 6.07) is 5.70. The summed E-state index contributed by atoms with van der Waals surface area (Å²) in [7, 11) is 3.12. The Bertz CT molecular complexity index is 723. The van der Waals surface area contributed by atoms with E-state index >= 15 is 0 Å². The molecule has 0 bridgehead atoms. The van der Waals surface area contributed by atoms with Gasteiger partial charge < -0.3 is 23.7 Å². The Morgan fingerprint density at radius 2 is 1.79 bits per heavy atom. The monoisotopic (exact) mass is 332 g/mol. The molecule has 2 heterocycles. The van der Waals surface area contributed by atoms with Crippen LogP contribution < -0.4 is 14.4 Å². The molecule has 3 rings (SSSR count). The zero-order valence-electron chi connectivity index (χ0n) is 14.0. The van der Waals surface area contributed by atoms with Gasteiger partial charge in [0.1, 0.15) is 0 Å². The highest BCUT2D eigenvalue weighted by Crippen LogP contribution is 2.28. The standard InChI is InChI=1S/C16H20N4O4/c1-11-17-18-16(24-11)20-8-6-19(7-9-20)15(21)12-4-5-13(22-2)14(10-12)23-3/h4-5,10H,6-9H2,1-3H3. The van der Waals surface area contributed by atoms with Gasteiger partial charge in [-0.1, -0.05) is 5.10 Å². The van der Waals surface area contributed by atoms with E-state index in [9.17, 15) is 4.79 Å². The molecule has 8 nitrogen and oxygen atoms in total. The molecule has 0 unspecified atom stereocenters. The summed E-state index contributed by atoms with van der Waals surface area (Å²) in [5, 5.41) is 7.85.